The third-order valence-electron chi connectivity index (χ3n) is 0.849. The van der Waals surface area contributed by atoms with E-state index >= 15 is 0 Å². The molecule has 1 heterocycles. The summed E-state index contributed by atoms with van der Waals surface area (Å²) in [6, 6.07) is 1.73. The van der Waals surface area contributed by atoms with Crippen molar-refractivity contribution in [1.82, 2.24) is 5.16 Å². The Morgan fingerprint density at radius 2 is 2.30 bits per heavy atom. The predicted octanol–water partition coefficient (Wildman–Crippen LogP) is 1.24. The average molecular weight is 143 g/mol. The lowest BCUT2D eigenvalue weighted by Crippen LogP contribution is -1.85. The number of hydrogen-bond donors (Lipinski definition) is 1. The van der Waals surface area contributed by atoms with Crippen LogP contribution in [0.3, 0.4) is 0 Å². The molecule has 0 saturated heterocycles. The monoisotopic (exact) mass is 143 g/mol. The van der Waals surface area contributed by atoms with E-state index in [1.807, 2.05) is 13.8 Å². The number of aliphatic hydroxyl groups excluding tert-OH is 1. The van der Waals surface area contributed by atoms with Crippen LogP contribution in [0.15, 0.2) is 16.8 Å². The molecule has 1 rings (SSSR count). The Hall–Kier alpha value is -0.830. The molecule has 0 aliphatic heterocycles. The van der Waals surface area contributed by atoms with Crippen molar-refractivity contribution in [2.45, 2.75) is 20.3 Å². The third-order valence-corrected chi connectivity index (χ3v) is 0.849. The summed E-state index contributed by atoms with van der Waals surface area (Å²) in [6.45, 7) is 4.12. The van der Waals surface area contributed by atoms with Crippen molar-refractivity contribution in [1.29, 1.82) is 0 Å². The van der Waals surface area contributed by atoms with E-state index in [1.54, 1.807) is 12.3 Å². The summed E-state index contributed by atoms with van der Waals surface area (Å²) >= 11 is 0. The number of rotatable bonds is 2. The first-order chi connectivity index (χ1) is 4.93. The van der Waals surface area contributed by atoms with Gasteiger partial charge < -0.3 is 9.63 Å². The van der Waals surface area contributed by atoms with Crippen molar-refractivity contribution in [3.8, 4) is 0 Å². The molecule has 58 valence electrons. The SMILES string of the molecule is CC.OCCc1ccno1. The van der Waals surface area contributed by atoms with Gasteiger partial charge in [-0.05, 0) is 0 Å². The van der Waals surface area contributed by atoms with Gasteiger partial charge in [-0.1, -0.05) is 19.0 Å². The molecule has 0 aliphatic carbocycles. The van der Waals surface area contributed by atoms with Crippen LogP contribution in [0, 0.1) is 0 Å². The summed E-state index contributed by atoms with van der Waals surface area (Å²) in [6.07, 6.45) is 2.12. The lowest BCUT2D eigenvalue weighted by atomic mass is 10.3. The summed E-state index contributed by atoms with van der Waals surface area (Å²) in [7, 11) is 0. The Balaban J connectivity index is 0.000000371. The van der Waals surface area contributed by atoms with E-state index in [2.05, 4.69) is 9.68 Å². The molecule has 0 spiro atoms. The normalized spacial score (nSPS) is 8.30. The van der Waals surface area contributed by atoms with Crippen LogP contribution in [0.1, 0.15) is 19.6 Å². The zero-order valence-electron chi connectivity index (χ0n) is 6.37. The molecule has 1 aromatic heterocycles. The Morgan fingerprint density at radius 1 is 1.60 bits per heavy atom. The van der Waals surface area contributed by atoms with Gasteiger partial charge >= 0.3 is 0 Å². The molecule has 0 amide bonds. The van der Waals surface area contributed by atoms with Gasteiger partial charge in [0.25, 0.3) is 0 Å². The van der Waals surface area contributed by atoms with Gasteiger partial charge in [0.1, 0.15) is 5.76 Å². The molecule has 10 heavy (non-hydrogen) atoms. The first-order valence-electron chi connectivity index (χ1n) is 3.44. The fourth-order valence-electron chi connectivity index (χ4n) is 0.481. The first-order valence-corrected chi connectivity index (χ1v) is 3.44. The molecule has 1 N–H and O–H groups in total. The highest BCUT2D eigenvalue weighted by atomic mass is 16.5. The van der Waals surface area contributed by atoms with Gasteiger partial charge in [-0.25, -0.2) is 0 Å². The smallest absolute Gasteiger partial charge is 0.138 e. The fourth-order valence-corrected chi connectivity index (χ4v) is 0.481. The van der Waals surface area contributed by atoms with E-state index in [4.69, 9.17) is 5.11 Å². The Bertz CT molecular complexity index is 137. The van der Waals surface area contributed by atoms with Crippen molar-refractivity contribution >= 4 is 0 Å². The van der Waals surface area contributed by atoms with E-state index in [1.165, 1.54) is 0 Å². The van der Waals surface area contributed by atoms with Crippen LogP contribution in [0.5, 0.6) is 0 Å². The molecule has 0 fully saturated rings. The van der Waals surface area contributed by atoms with Crippen LogP contribution in [-0.4, -0.2) is 16.9 Å². The molecule has 0 saturated carbocycles. The number of hydrogen-bond acceptors (Lipinski definition) is 3. The molecule has 3 nitrogen and oxygen atoms in total. The standard InChI is InChI=1S/C5H7NO2.C2H6/c7-4-2-5-1-3-6-8-5;1-2/h1,3,7H,2,4H2;1-2H3. The van der Waals surface area contributed by atoms with Crippen molar-refractivity contribution in [2.24, 2.45) is 0 Å². The van der Waals surface area contributed by atoms with Crippen LogP contribution >= 0.6 is 0 Å². The van der Waals surface area contributed by atoms with E-state index in [0.29, 0.717) is 6.42 Å². The second-order valence-electron chi connectivity index (χ2n) is 1.45. The zero-order valence-corrected chi connectivity index (χ0v) is 6.37. The largest absolute Gasteiger partial charge is 0.396 e. The Morgan fingerprint density at radius 3 is 2.70 bits per heavy atom. The molecule has 0 aliphatic rings. The summed E-state index contributed by atoms with van der Waals surface area (Å²) < 4.78 is 4.66. The highest BCUT2D eigenvalue weighted by Crippen LogP contribution is 1.94. The van der Waals surface area contributed by atoms with Gasteiger partial charge in [-0.2, -0.15) is 0 Å². The van der Waals surface area contributed by atoms with Crippen molar-refractivity contribution in [3.63, 3.8) is 0 Å². The van der Waals surface area contributed by atoms with Crippen molar-refractivity contribution in [2.75, 3.05) is 6.61 Å². The van der Waals surface area contributed by atoms with Crippen LogP contribution in [0.25, 0.3) is 0 Å². The second-order valence-corrected chi connectivity index (χ2v) is 1.45. The number of nitrogens with zero attached hydrogens (tertiary/aromatic N) is 1. The minimum atomic E-state index is 0.120. The predicted molar refractivity (Wildman–Crippen MR) is 38.6 cm³/mol. The summed E-state index contributed by atoms with van der Waals surface area (Å²) in [5.74, 6) is 0.729. The maximum absolute atomic E-state index is 8.35. The number of aromatic nitrogens is 1. The molecule has 0 bridgehead atoms. The minimum absolute atomic E-state index is 0.120. The zero-order chi connectivity index (χ0) is 7.82. The van der Waals surface area contributed by atoms with Crippen LogP contribution in [-0.2, 0) is 6.42 Å². The number of aliphatic hydroxyl groups is 1. The van der Waals surface area contributed by atoms with Crippen LogP contribution in [0.2, 0.25) is 0 Å². The van der Waals surface area contributed by atoms with E-state index in [-0.39, 0.29) is 6.61 Å². The van der Waals surface area contributed by atoms with Gasteiger partial charge in [-0.15, -0.1) is 0 Å². The summed E-state index contributed by atoms with van der Waals surface area (Å²) in [4.78, 5) is 0. The Kier molecular flexibility index (Phi) is 5.77. The van der Waals surface area contributed by atoms with Gasteiger partial charge in [0, 0.05) is 12.5 Å². The maximum Gasteiger partial charge on any atom is 0.138 e. The molecule has 0 aromatic carbocycles. The molecular weight excluding hydrogens is 130 g/mol. The fraction of sp³-hybridized carbons (Fsp3) is 0.571. The van der Waals surface area contributed by atoms with Crippen LogP contribution in [0.4, 0.5) is 0 Å². The molecule has 0 radical (unpaired) electrons. The van der Waals surface area contributed by atoms with Gasteiger partial charge in [0.05, 0.1) is 12.8 Å². The van der Waals surface area contributed by atoms with E-state index < -0.39 is 0 Å². The summed E-state index contributed by atoms with van der Waals surface area (Å²) in [5.41, 5.74) is 0. The van der Waals surface area contributed by atoms with Crippen molar-refractivity contribution in [3.05, 3.63) is 18.0 Å². The minimum Gasteiger partial charge on any atom is -0.396 e. The quantitative estimate of drug-likeness (QED) is 0.677. The Labute approximate surface area is 60.7 Å². The highest BCUT2D eigenvalue weighted by Gasteiger charge is 1.91. The molecule has 0 atom stereocenters. The van der Waals surface area contributed by atoms with E-state index in [0.717, 1.165) is 5.76 Å². The first kappa shape index (κ1) is 9.17. The van der Waals surface area contributed by atoms with Gasteiger partial charge in [0.15, 0.2) is 0 Å². The highest BCUT2D eigenvalue weighted by molar-refractivity contribution is 4.92. The lowest BCUT2D eigenvalue weighted by molar-refractivity contribution is 0.277. The van der Waals surface area contributed by atoms with Gasteiger partial charge in [-0.3, -0.25) is 0 Å². The van der Waals surface area contributed by atoms with Gasteiger partial charge in [0.2, 0.25) is 0 Å². The third kappa shape index (κ3) is 3.25. The molecule has 1 aromatic rings. The molecular formula is C7H13NO2. The maximum atomic E-state index is 8.35. The summed E-state index contributed by atoms with van der Waals surface area (Å²) in [5, 5.41) is 11.8. The second kappa shape index (κ2) is 6.29. The van der Waals surface area contributed by atoms with Crippen molar-refractivity contribution < 1.29 is 9.63 Å². The molecule has 0 unspecified atom stereocenters. The van der Waals surface area contributed by atoms with Crippen LogP contribution < -0.4 is 0 Å². The lowest BCUT2D eigenvalue weighted by Gasteiger charge is -1.83. The average Bonchev–Trinajstić information content (AvgIpc) is 2.46. The van der Waals surface area contributed by atoms with E-state index in [9.17, 15) is 0 Å². The molecule has 3 heteroatoms. The topological polar surface area (TPSA) is 46.3 Å².